The van der Waals surface area contributed by atoms with Crippen LogP contribution < -0.4 is 21.3 Å². The summed E-state index contributed by atoms with van der Waals surface area (Å²) in [5, 5.41) is 6.03. The van der Waals surface area contributed by atoms with Crippen LogP contribution in [0.15, 0.2) is 18.2 Å². The molecule has 126 valence electrons. The molecule has 1 aromatic carbocycles. The minimum Gasteiger partial charge on any atom is -0.345 e. The summed E-state index contributed by atoms with van der Waals surface area (Å²) in [6.07, 6.45) is 0. The molecule has 0 saturated carbocycles. The molecule has 1 saturated heterocycles. The maximum atomic E-state index is 12.6. The summed E-state index contributed by atoms with van der Waals surface area (Å²) < 4.78 is 0. The number of nitrogens with one attached hydrogen (secondary N) is 2. The van der Waals surface area contributed by atoms with Crippen molar-refractivity contribution in [1.29, 1.82) is 0 Å². The number of anilines is 1. The van der Waals surface area contributed by atoms with Gasteiger partial charge in [-0.25, -0.2) is 4.79 Å². The lowest BCUT2D eigenvalue weighted by molar-refractivity contribution is 0.0883. The zero-order valence-corrected chi connectivity index (χ0v) is 14.4. The van der Waals surface area contributed by atoms with Crippen LogP contribution in [0.4, 0.5) is 10.5 Å². The number of benzene rings is 1. The molecule has 2 rings (SSSR count). The average Bonchev–Trinajstić information content (AvgIpc) is 2.93. The molecule has 0 radical (unpaired) electrons. The van der Waals surface area contributed by atoms with Crippen LogP contribution >= 0.6 is 11.6 Å². The molecule has 1 heterocycles. The molecule has 0 aliphatic carbocycles. The molecule has 23 heavy (non-hydrogen) atoms. The molecule has 1 aromatic rings. The first kappa shape index (κ1) is 17.6. The number of rotatable bonds is 5. The minimum atomic E-state index is -0.526. The standard InChI is InChI=1S/C16H23ClN4O2/c1-10(2)16(3,9-18)20-14(22)12-8-11(4-5-13(12)17)21-7-6-19-15(21)23/h4-5,8,10H,6-7,9,18H2,1-3H3,(H,19,23)(H,20,22). The quantitative estimate of drug-likeness (QED) is 0.767. The summed E-state index contributed by atoms with van der Waals surface area (Å²) in [5.74, 6) is -0.124. The second-order valence-electron chi connectivity index (χ2n) is 6.28. The second kappa shape index (κ2) is 6.76. The molecule has 1 aliphatic heterocycles. The Labute approximate surface area is 141 Å². The van der Waals surface area contributed by atoms with Gasteiger partial charge in [0.1, 0.15) is 0 Å². The number of urea groups is 1. The number of amides is 3. The maximum absolute atomic E-state index is 12.6. The van der Waals surface area contributed by atoms with Gasteiger partial charge in [0, 0.05) is 25.3 Å². The molecule has 1 unspecified atom stereocenters. The normalized spacial score (nSPS) is 17.1. The second-order valence-corrected chi connectivity index (χ2v) is 6.69. The van der Waals surface area contributed by atoms with Gasteiger partial charge >= 0.3 is 6.03 Å². The van der Waals surface area contributed by atoms with Crippen molar-refractivity contribution in [3.8, 4) is 0 Å². The number of hydrogen-bond acceptors (Lipinski definition) is 3. The van der Waals surface area contributed by atoms with E-state index < -0.39 is 5.54 Å². The third kappa shape index (κ3) is 3.59. The zero-order chi connectivity index (χ0) is 17.2. The Balaban J connectivity index is 2.28. The largest absolute Gasteiger partial charge is 0.345 e. The molecular weight excluding hydrogens is 316 g/mol. The summed E-state index contributed by atoms with van der Waals surface area (Å²) in [6.45, 7) is 7.37. The van der Waals surface area contributed by atoms with Crippen molar-refractivity contribution in [1.82, 2.24) is 10.6 Å². The lowest BCUT2D eigenvalue weighted by atomic mass is 9.88. The van der Waals surface area contributed by atoms with Crippen molar-refractivity contribution in [2.24, 2.45) is 11.7 Å². The van der Waals surface area contributed by atoms with E-state index in [1.807, 2.05) is 20.8 Å². The number of carbonyl (C=O) groups is 2. The van der Waals surface area contributed by atoms with Gasteiger partial charge in [0.05, 0.1) is 16.1 Å². The van der Waals surface area contributed by atoms with E-state index in [2.05, 4.69) is 10.6 Å². The zero-order valence-electron chi connectivity index (χ0n) is 13.6. The van der Waals surface area contributed by atoms with Gasteiger partial charge < -0.3 is 16.4 Å². The molecule has 7 heteroatoms. The predicted octanol–water partition coefficient (Wildman–Crippen LogP) is 1.97. The van der Waals surface area contributed by atoms with Gasteiger partial charge in [-0.3, -0.25) is 9.69 Å². The molecule has 3 amide bonds. The van der Waals surface area contributed by atoms with Crippen molar-refractivity contribution in [2.75, 3.05) is 24.5 Å². The summed E-state index contributed by atoms with van der Waals surface area (Å²) in [4.78, 5) is 26.0. The molecule has 1 atom stereocenters. The third-order valence-electron chi connectivity index (χ3n) is 4.46. The van der Waals surface area contributed by atoms with E-state index in [0.717, 1.165) is 0 Å². The van der Waals surface area contributed by atoms with E-state index in [4.69, 9.17) is 17.3 Å². The molecule has 6 nitrogen and oxygen atoms in total. The molecule has 4 N–H and O–H groups in total. The number of carbonyl (C=O) groups excluding carboxylic acids is 2. The van der Waals surface area contributed by atoms with Crippen LogP contribution in [0.2, 0.25) is 5.02 Å². The minimum absolute atomic E-state index is 0.169. The fourth-order valence-electron chi connectivity index (χ4n) is 2.33. The lowest BCUT2D eigenvalue weighted by Gasteiger charge is -2.33. The smallest absolute Gasteiger partial charge is 0.321 e. The van der Waals surface area contributed by atoms with Crippen LogP contribution in [0, 0.1) is 5.92 Å². The fourth-order valence-corrected chi connectivity index (χ4v) is 2.53. The van der Waals surface area contributed by atoms with Crippen LogP contribution in [-0.4, -0.2) is 37.1 Å². The topological polar surface area (TPSA) is 87.5 Å². The maximum Gasteiger partial charge on any atom is 0.321 e. The number of halogens is 1. The average molecular weight is 339 g/mol. The van der Waals surface area contributed by atoms with Crippen molar-refractivity contribution >= 4 is 29.2 Å². The molecule has 0 aromatic heterocycles. The summed E-state index contributed by atoms with van der Waals surface area (Å²) >= 11 is 6.17. The first-order valence-electron chi connectivity index (χ1n) is 7.66. The van der Waals surface area contributed by atoms with Crippen molar-refractivity contribution in [3.05, 3.63) is 28.8 Å². The molecule has 0 bridgehead atoms. The third-order valence-corrected chi connectivity index (χ3v) is 4.79. The van der Waals surface area contributed by atoms with Crippen LogP contribution in [0.25, 0.3) is 0 Å². The first-order chi connectivity index (χ1) is 10.8. The van der Waals surface area contributed by atoms with Gasteiger partial charge in [-0.05, 0) is 31.0 Å². The SMILES string of the molecule is CC(C)C(C)(CN)NC(=O)c1cc(N2CCNC2=O)ccc1Cl. The van der Waals surface area contributed by atoms with Crippen LogP contribution in [0.3, 0.4) is 0 Å². The highest BCUT2D eigenvalue weighted by Gasteiger charge is 2.30. The molecule has 0 spiro atoms. The number of hydrogen-bond donors (Lipinski definition) is 3. The van der Waals surface area contributed by atoms with E-state index >= 15 is 0 Å². The van der Waals surface area contributed by atoms with Crippen LogP contribution in [-0.2, 0) is 0 Å². The summed E-state index contributed by atoms with van der Waals surface area (Å²) in [5.41, 5.74) is 6.27. The Hall–Kier alpha value is -1.79. The van der Waals surface area contributed by atoms with Gasteiger partial charge in [0.25, 0.3) is 5.91 Å². The lowest BCUT2D eigenvalue weighted by Crippen LogP contribution is -2.55. The van der Waals surface area contributed by atoms with Gasteiger partial charge in [-0.15, -0.1) is 0 Å². The van der Waals surface area contributed by atoms with Crippen LogP contribution in [0.1, 0.15) is 31.1 Å². The Kier molecular flexibility index (Phi) is 5.16. The molecule has 1 fully saturated rings. The van der Waals surface area contributed by atoms with Crippen molar-refractivity contribution in [2.45, 2.75) is 26.3 Å². The molecular formula is C16H23ClN4O2. The van der Waals surface area contributed by atoms with Gasteiger partial charge in [-0.1, -0.05) is 25.4 Å². The first-order valence-corrected chi connectivity index (χ1v) is 8.04. The Morgan fingerprint density at radius 3 is 2.74 bits per heavy atom. The Bertz CT molecular complexity index is 620. The predicted molar refractivity (Wildman–Crippen MR) is 92.0 cm³/mol. The van der Waals surface area contributed by atoms with E-state index in [1.54, 1.807) is 23.1 Å². The molecule has 1 aliphatic rings. The Morgan fingerprint density at radius 2 is 2.22 bits per heavy atom. The van der Waals surface area contributed by atoms with E-state index in [9.17, 15) is 9.59 Å². The van der Waals surface area contributed by atoms with Crippen molar-refractivity contribution < 1.29 is 9.59 Å². The van der Waals surface area contributed by atoms with E-state index in [-0.39, 0.29) is 17.9 Å². The monoisotopic (exact) mass is 338 g/mol. The van der Waals surface area contributed by atoms with E-state index in [1.165, 1.54) is 0 Å². The van der Waals surface area contributed by atoms with Gasteiger partial charge in [0.15, 0.2) is 0 Å². The highest BCUT2D eigenvalue weighted by Crippen LogP contribution is 2.25. The van der Waals surface area contributed by atoms with Gasteiger partial charge in [0.2, 0.25) is 0 Å². The Morgan fingerprint density at radius 1 is 1.52 bits per heavy atom. The van der Waals surface area contributed by atoms with Crippen LogP contribution in [0.5, 0.6) is 0 Å². The number of nitrogens with two attached hydrogens (primary N) is 1. The fraction of sp³-hybridized carbons (Fsp3) is 0.500. The van der Waals surface area contributed by atoms with E-state index in [0.29, 0.717) is 35.9 Å². The highest BCUT2D eigenvalue weighted by molar-refractivity contribution is 6.34. The highest BCUT2D eigenvalue weighted by atomic mass is 35.5. The summed E-state index contributed by atoms with van der Waals surface area (Å²) in [6, 6.07) is 4.83. The number of nitrogens with zero attached hydrogens (tertiary/aromatic N) is 1. The van der Waals surface area contributed by atoms with Gasteiger partial charge in [-0.2, -0.15) is 0 Å². The van der Waals surface area contributed by atoms with Crippen molar-refractivity contribution in [3.63, 3.8) is 0 Å². The summed E-state index contributed by atoms with van der Waals surface area (Å²) in [7, 11) is 0.